The summed E-state index contributed by atoms with van der Waals surface area (Å²) in [4.78, 5) is 2.61. The predicted molar refractivity (Wildman–Crippen MR) is 95.1 cm³/mol. The van der Waals surface area contributed by atoms with Gasteiger partial charge < -0.3 is 0 Å². The van der Waals surface area contributed by atoms with E-state index in [2.05, 4.69) is 28.2 Å². The van der Waals surface area contributed by atoms with Gasteiger partial charge in [-0.2, -0.15) is 18.4 Å². The molecule has 4 rings (SSSR count). The number of allylic oxidation sites excluding steroid dienone is 4. The van der Waals surface area contributed by atoms with Gasteiger partial charge in [-0.15, -0.1) is 0 Å². The summed E-state index contributed by atoms with van der Waals surface area (Å²) in [6.45, 7) is 1.93. The van der Waals surface area contributed by atoms with Crippen molar-refractivity contribution in [2.45, 2.75) is 37.5 Å². The highest BCUT2D eigenvalue weighted by Gasteiger charge is 2.47. The largest absolute Gasteiger partial charge is 0.276 e. The Labute approximate surface area is 143 Å². The van der Waals surface area contributed by atoms with Gasteiger partial charge in [0.2, 0.25) is 0 Å². The molecule has 3 unspecified atom stereocenters. The van der Waals surface area contributed by atoms with Crippen LogP contribution in [0.5, 0.6) is 0 Å². The molecule has 1 saturated carbocycles. The molecule has 4 nitrogen and oxygen atoms in total. The van der Waals surface area contributed by atoms with Crippen LogP contribution in [0.3, 0.4) is 0 Å². The fourth-order valence-electron chi connectivity index (χ4n) is 4.24. The average Bonchev–Trinajstić information content (AvgIpc) is 3.16. The van der Waals surface area contributed by atoms with Gasteiger partial charge in [-0.1, -0.05) is 35.9 Å². The van der Waals surface area contributed by atoms with Crippen LogP contribution in [0, 0.1) is 24.2 Å². The van der Waals surface area contributed by atoms with Crippen molar-refractivity contribution >= 4 is 15.7 Å². The van der Waals surface area contributed by atoms with E-state index in [-0.39, 0.29) is 10.3 Å². The first-order valence-electron chi connectivity index (χ1n) is 8.49. The summed E-state index contributed by atoms with van der Waals surface area (Å²) in [5.74, 6) is 1.39. The third-order valence-corrected chi connectivity index (χ3v) is 6.87. The van der Waals surface area contributed by atoms with E-state index in [1.165, 1.54) is 12.8 Å². The number of aryl methyl sites for hydroxylation is 1. The van der Waals surface area contributed by atoms with Gasteiger partial charge in [0.1, 0.15) is 0 Å². The van der Waals surface area contributed by atoms with E-state index in [0.717, 1.165) is 30.0 Å². The highest BCUT2D eigenvalue weighted by molar-refractivity contribution is 7.89. The Hall–Kier alpha value is -1.88. The Kier molecular flexibility index (Phi) is 3.64. The Bertz CT molecular complexity index is 837. The number of benzene rings is 1. The molecule has 24 heavy (non-hydrogen) atoms. The number of hydrazone groups is 1. The van der Waals surface area contributed by atoms with Crippen molar-refractivity contribution in [3.8, 4) is 0 Å². The van der Waals surface area contributed by atoms with Crippen molar-refractivity contribution in [1.29, 1.82) is 0 Å². The summed E-state index contributed by atoms with van der Waals surface area (Å²) in [6.07, 6.45) is 13.4. The van der Waals surface area contributed by atoms with Gasteiger partial charge >= 0.3 is 0 Å². The number of nitrogens with zero attached hydrogens (tertiary/aromatic N) is 1. The fraction of sp³-hybridized carbons (Fsp3) is 0.421. The van der Waals surface area contributed by atoms with E-state index in [1.54, 1.807) is 24.3 Å². The molecule has 1 aromatic rings. The second kappa shape index (κ2) is 5.59. The second-order valence-electron chi connectivity index (χ2n) is 7.27. The summed E-state index contributed by atoms with van der Waals surface area (Å²) >= 11 is 0. The lowest BCUT2D eigenvalue weighted by Gasteiger charge is -2.35. The molecular formula is C19H22N2O2S. The van der Waals surface area contributed by atoms with Gasteiger partial charge in [0.05, 0.1) is 10.6 Å². The number of rotatable bonds is 3. The maximum Gasteiger partial charge on any atom is 0.276 e. The van der Waals surface area contributed by atoms with Crippen LogP contribution in [0.15, 0.2) is 58.6 Å². The van der Waals surface area contributed by atoms with Crippen LogP contribution in [0.1, 0.15) is 31.2 Å². The van der Waals surface area contributed by atoms with E-state index < -0.39 is 10.0 Å². The van der Waals surface area contributed by atoms with Crippen LogP contribution in [0.4, 0.5) is 0 Å². The molecule has 5 heteroatoms. The Morgan fingerprint density at radius 2 is 2.00 bits per heavy atom. The van der Waals surface area contributed by atoms with Gasteiger partial charge in [-0.3, -0.25) is 0 Å². The first-order chi connectivity index (χ1) is 11.5. The van der Waals surface area contributed by atoms with Gasteiger partial charge in [-0.05, 0) is 68.1 Å². The molecule has 0 aliphatic heterocycles. The lowest BCUT2D eigenvalue weighted by molar-refractivity contribution is 0.290. The standard InChI is InChI=1S/C19H22N2O2S/c1-14-2-6-18(7-3-14)24(22,23)21-20-17-8-10-19(11-9-17)13-15-4-5-16(19)12-15/h2-8,10,15-16,21H,9,11-13H2,1H3. The molecule has 1 aromatic carbocycles. The molecule has 0 amide bonds. The first-order valence-corrected chi connectivity index (χ1v) is 9.98. The van der Waals surface area contributed by atoms with E-state index in [9.17, 15) is 8.42 Å². The first kappa shape index (κ1) is 15.6. The molecule has 0 saturated heterocycles. The molecule has 1 spiro atoms. The molecular weight excluding hydrogens is 320 g/mol. The van der Waals surface area contributed by atoms with Crippen molar-refractivity contribution in [3.63, 3.8) is 0 Å². The normalized spacial score (nSPS) is 32.8. The second-order valence-corrected chi connectivity index (χ2v) is 8.93. The van der Waals surface area contributed by atoms with E-state index in [0.29, 0.717) is 5.92 Å². The van der Waals surface area contributed by atoms with E-state index >= 15 is 0 Å². The highest BCUT2D eigenvalue weighted by Crippen LogP contribution is 2.56. The number of nitrogens with one attached hydrogen (secondary N) is 1. The summed E-state index contributed by atoms with van der Waals surface area (Å²) in [5, 5.41) is 4.14. The van der Waals surface area contributed by atoms with E-state index in [1.807, 2.05) is 13.0 Å². The zero-order valence-corrected chi connectivity index (χ0v) is 14.6. The summed E-state index contributed by atoms with van der Waals surface area (Å²) < 4.78 is 24.6. The molecule has 0 heterocycles. The molecule has 2 bridgehead atoms. The van der Waals surface area contributed by atoms with Crippen LogP contribution in [0.25, 0.3) is 0 Å². The van der Waals surface area contributed by atoms with Crippen molar-refractivity contribution < 1.29 is 8.42 Å². The Morgan fingerprint density at radius 1 is 1.21 bits per heavy atom. The fourth-order valence-corrected chi connectivity index (χ4v) is 5.08. The lowest BCUT2D eigenvalue weighted by Crippen LogP contribution is -2.28. The average molecular weight is 342 g/mol. The molecule has 126 valence electrons. The van der Waals surface area contributed by atoms with Crippen molar-refractivity contribution in [3.05, 3.63) is 54.1 Å². The molecule has 3 aliphatic carbocycles. The number of hydrogen-bond acceptors (Lipinski definition) is 3. The minimum Gasteiger partial charge on any atom is -0.200 e. The monoisotopic (exact) mass is 342 g/mol. The zero-order chi connectivity index (χ0) is 16.8. The van der Waals surface area contributed by atoms with Crippen molar-refractivity contribution in [2.75, 3.05) is 0 Å². The molecule has 3 aliphatic rings. The maximum atomic E-state index is 12.3. The van der Waals surface area contributed by atoms with Crippen LogP contribution in [-0.2, 0) is 10.0 Å². The number of sulfonamides is 1. The number of fused-ring (bicyclic) bond motifs is 3. The molecule has 3 atom stereocenters. The molecule has 0 aromatic heterocycles. The predicted octanol–water partition coefficient (Wildman–Crippen LogP) is 3.56. The minimum atomic E-state index is -3.59. The third kappa shape index (κ3) is 2.71. The topological polar surface area (TPSA) is 58.5 Å². The Balaban J connectivity index is 1.47. The summed E-state index contributed by atoms with van der Waals surface area (Å²) in [7, 11) is -3.59. The summed E-state index contributed by atoms with van der Waals surface area (Å²) in [5.41, 5.74) is 2.12. The van der Waals surface area contributed by atoms with Crippen LogP contribution in [-0.4, -0.2) is 14.1 Å². The highest BCUT2D eigenvalue weighted by atomic mass is 32.2. The van der Waals surface area contributed by atoms with E-state index in [4.69, 9.17) is 0 Å². The van der Waals surface area contributed by atoms with Crippen LogP contribution < -0.4 is 4.83 Å². The minimum absolute atomic E-state index is 0.243. The Morgan fingerprint density at radius 3 is 2.58 bits per heavy atom. The smallest absolute Gasteiger partial charge is 0.200 e. The van der Waals surface area contributed by atoms with Gasteiger partial charge in [0.25, 0.3) is 10.0 Å². The van der Waals surface area contributed by atoms with Crippen LogP contribution in [0.2, 0.25) is 0 Å². The molecule has 1 fully saturated rings. The maximum absolute atomic E-state index is 12.3. The lowest BCUT2D eigenvalue weighted by atomic mass is 9.69. The quantitative estimate of drug-likeness (QED) is 0.674. The SMILES string of the molecule is Cc1ccc(S(=O)(=O)NN=C2C=CC3(CC2)CC2C=CC3C2)cc1. The number of hydrogen-bond donors (Lipinski definition) is 1. The van der Waals surface area contributed by atoms with Crippen molar-refractivity contribution in [2.24, 2.45) is 22.4 Å². The van der Waals surface area contributed by atoms with Gasteiger partial charge in [-0.25, -0.2) is 0 Å². The molecule has 0 radical (unpaired) electrons. The third-order valence-electron chi connectivity index (χ3n) is 5.65. The van der Waals surface area contributed by atoms with Gasteiger partial charge in [0.15, 0.2) is 0 Å². The van der Waals surface area contributed by atoms with Crippen LogP contribution >= 0.6 is 0 Å². The van der Waals surface area contributed by atoms with Crippen molar-refractivity contribution in [1.82, 2.24) is 4.83 Å². The summed E-state index contributed by atoms with van der Waals surface area (Å²) in [6, 6.07) is 6.78. The zero-order valence-electron chi connectivity index (χ0n) is 13.8. The molecule has 1 N–H and O–H groups in total. The van der Waals surface area contributed by atoms with Gasteiger partial charge in [0, 0.05) is 0 Å².